The number of hydrogen-bond acceptors (Lipinski definition) is 2. The van der Waals surface area contributed by atoms with Crippen LogP contribution in [0.2, 0.25) is 5.02 Å². The van der Waals surface area contributed by atoms with Crippen LogP contribution in [0.3, 0.4) is 0 Å². The van der Waals surface area contributed by atoms with Crippen molar-refractivity contribution in [1.82, 2.24) is 5.32 Å². The Morgan fingerprint density at radius 1 is 1.14 bits per heavy atom. The van der Waals surface area contributed by atoms with Crippen LogP contribution < -0.4 is 15.4 Å². The molecular weight excluding hydrogens is 388 g/mol. The molecule has 0 aliphatic heterocycles. The zero-order chi connectivity index (χ0) is 20.0. The van der Waals surface area contributed by atoms with E-state index in [1.165, 1.54) is 18.4 Å². The third-order valence-electron chi connectivity index (χ3n) is 5.21. The predicted molar refractivity (Wildman–Crippen MR) is 123 cm³/mol. The van der Waals surface area contributed by atoms with Crippen molar-refractivity contribution in [3.05, 3.63) is 59.1 Å². The maximum Gasteiger partial charge on any atom is 0.171 e. The fraction of sp³-hybridized carbons (Fsp3) is 0.435. The fourth-order valence-electron chi connectivity index (χ4n) is 3.85. The van der Waals surface area contributed by atoms with E-state index in [4.69, 9.17) is 28.6 Å². The van der Waals surface area contributed by atoms with Gasteiger partial charge >= 0.3 is 0 Å². The first-order valence-electron chi connectivity index (χ1n) is 10.0. The van der Waals surface area contributed by atoms with E-state index in [-0.39, 0.29) is 11.6 Å². The number of anilines is 1. The highest BCUT2D eigenvalue weighted by molar-refractivity contribution is 7.80. The lowest BCUT2D eigenvalue weighted by molar-refractivity contribution is 0.242. The van der Waals surface area contributed by atoms with Gasteiger partial charge in [-0.25, -0.2) is 0 Å². The highest BCUT2D eigenvalue weighted by atomic mass is 35.5. The van der Waals surface area contributed by atoms with Crippen LogP contribution in [0.5, 0.6) is 5.75 Å². The molecule has 0 bridgehead atoms. The molecular formula is C23H29ClN2OS. The lowest BCUT2D eigenvalue weighted by atomic mass is 9.89. The van der Waals surface area contributed by atoms with Gasteiger partial charge in [-0.3, -0.25) is 0 Å². The van der Waals surface area contributed by atoms with Crippen molar-refractivity contribution < 1.29 is 4.74 Å². The molecule has 28 heavy (non-hydrogen) atoms. The molecule has 5 heteroatoms. The summed E-state index contributed by atoms with van der Waals surface area (Å²) in [7, 11) is 0. The molecule has 0 unspecified atom stereocenters. The van der Waals surface area contributed by atoms with E-state index in [2.05, 4.69) is 22.8 Å². The number of benzene rings is 2. The van der Waals surface area contributed by atoms with Gasteiger partial charge in [0, 0.05) is 22.3 Å². The van der Waals surface area contributed by atoms with Crippen LogP contribution in [0.1, 0.15) is 51.5 Å². The quantitative estimate of drug-likeness (QED) is 0.514. The fourth-order valence-corrected chi connectivity index (χ4v) is 4.31. The van der Waals surface area contributed by atoms with Gasteiger partial charge in [0.05, 0.1) is 6.10 Å². The molecule has 1 fully saturated rings. The number of rotatable bonds is 7. The van der Waals surface area contributed by atoms with Crippen molar-refractivity contribution in [2.24, 2.45) is 0 Å². The summed E-state index contributed by atoms with van der Waals surface area (Å²) in [5, 5.41) is 8.44. The number of hydrogen-bond donors (Lipinski definition) is 2. The number of aryl methyl sites for hydroxylation is 1. The molecule has 0 saturated heterocycles. The summed E-state index contributed by atoms with van der Waals surface area (Å²) in [5.74, 6) is 0.848. The van der Waals surface area contributed by atoms with Crippen LogP contribution in [0.25, 0.3) is 0 Å². The second kappa shape index (κ2) is 9.62. The first kappa shape index (κ1) is 20.9. The first-order valence-corrected chi connectivity index (χ1v) is 10.8. The van der Waals surface area contributed by atoms with Crippen molar-refractivity contribution in [3.8, 4) is 5.75 Å². The molecule has 0 aromatic heterocycles. The molecule has 0 heterocycles. The second-order valence-corrected chi connectivity index (χ2v) is 8.73. The van der Waals surface area contributed by atoms with Crippen molar-refractivity contribution in [2.45, 2.75) is 64.0 Å². The molecule has 150 valence electrons. The van der Waals surface area contributed by atoms with Gasteiger partial charge in [0.15, 0.2) is 5.11 Å². The van der Waals surface area contributed by atoms with Crippen LogP contribution in [0.4, 0.5) is 5.69 Å². The van der Waals surface area contributed by atoms with Gasteiger partial charge in [-0.05, 0) is 81.6 Å². The molecule has 3 rings (SSSR count). The Kier molecular flexibility index (Phi) is 7.19. The predicted octanol–water partition coefficient (Wildman–Crippen LogP) is 6.36. The number of ether oxygens (including phenoxy) is 1. The zero-order valence-corrected chi connectivity index (χ0v) is 18.2. The molecule has 2 N–H and O–H groups in total. The standard InChI is InChI=1S/C23H29ClN2OS/c1-17(2)27-21-7-5-6-20(16-21)25-22(28)26-23(13-3-4-14-23)15-12-18-8-10-19(24)11-9-18/h5-11,16-17H,3-4,12-15H2,1-2H3,(H2,25,26,28). The molecule has 3 nitrogen and oxygen atoms in total. The molecule has 0 spiro atoms. The lowest BCUT2D eigenvalue weighted by Crippen LogP contribution is -2.48. The number of thiocarbonyl (C=S) groups is 1. The van der Waals surface area contributed by atoms with Crippen molar-refractivity contribution in [1.29, 1.82) is 0 Å². The van der Waals surface area contributed by atoms with E-state index >= 15 is 0 Å². The molecule has 1 saturated carbocycles. The van der Waals surface area contributed by atoms with Gasteiger partial charge in [-0.2, -0.15) is 0 Å². The highest BCUT2D eigenvalue weighted by Gasteiger charge is 2.34. The minimum Gasteiger partial charge on any atom is -0.491 e. The van der Waals surface area contributed by atoms with Gasteiger partial charge in [0.1, 0.15) is 5.75 Å². The van der Waals surface area contributed by atoms with Crippen LogP contribution >= 0.6 is 23.8 Å². The van der Waals surface area contributed by atoms with Gasteiger partial charge in [0.25, 0.3) is 0 Å². The Hall–Kier alpha value is -1.78. The third kappa shape index (κ3) is 6.11. The summed E-state index contributed by atoms with van der Waals surface area (Å²) in [5.41, 5.74) is 2.33. The molecule has 0 atom stereocenters. The van der Waals surface area contributed by atoms with Crippen LogP contribution in [-0.4, -0.2) is 16.8 Å². The largest absolute Gasteiger partial charge is 0.491 e. The normalized spacial score (nSPS) is 15.4. The monoisotopic (exact) mass is 416 g/mol. The van der Waals surface area contributed by atoms with E-state index in [0.717, 1.165) is 42.1 Å². The maximum atomic E-state index is 6.00. The summed E-state index contributed by atoms with van der Waals surface area (Å²) in [6, 6.07) is 16.1. The SMILES string of the molecule is CC(C)Oc1cccc(NC(=S)NC2(CCc3ccc(Cl)cc3)CCCC2)c1. The minimum atomic E-state index is 0.0652. The Balaban J connectivity index is 1.60. The average Bonchev–Trinajstić information content (AvgIpc) is 3.09. The summed E-state index contributed by atoms with van der Waals surface area (Å²) in [6.07, 6.45) is 7.02. The molecule has 1 aliphatic rings. The smallest absolute Gasteiger partial charge is 0.171 e. The van der Waals surface area contributed by atoms with Crippen LogP contribution in [-0.2, 0) is 6.42 Å². The van der Waals surface area contributed by atoms with E-state index in [1.54, 1.807) is 0 Å². The molecule has 2 aromatic rings. The van der Waals surface area contributed by atoms with Gasteiger partial charge < -0.3 is 15.4 Å². The van der Waals surface area contributed by atoms with Crippen molar-refractivity contribution in [3.63, 3.8) is 0 Å². The molecule has 0 amide bonds. The highest BCUT2D eigenvalue weighted by Crippen LogP contribution is 2.34. The molecule has 2 aromatic carbocycles. The lowest BCUT2D eigenvalue weighted by Gasteiger charge is -2.32. The molecule has 0 radical (unpaired) electrons. The summed E-state index contributed by atoms with van der Waals surface area (Å²) >= 11 is 11.6. The Morgan fingerprint density at radius 2 is 1.86 bits per heavy atom. The van der Waals surface area contributed by atoms with Crippen LogP contribution in [0.15, 0.2) is 48.5 Å². The van der Waals surface area contributed by atoms with Crippen LogP contribution in [0, 0.1) is 0 Å². The van der Waals surface area contributed by atoms with Gasteiger partial charge in [-0.1, -0.05) is 42.6 Å². The summed E-state index contributed by atoms with van der Waals surface area (Å²) < 4.78 is 5.77. The van der Waals surface area contributed by atoms with Gasteiger partial charge in [0.2, 0.25) is 0 Å². The van der Waals surface area contributed by atoms with Crippen molar-refractivity contribution in [2.75, 3.05) is 5.32 Å². The van der Waals surface area contributed by atoms with E-state index < -0.39 is 0 Å². The third-order valence-corrected chi connectivity index (χ3v) is 5.66. The van der Waals surface area contributed by atoms with E-state index in [1.807, 2.05) is 50.2 Å². The van der Waals surface area contributed by atoms with Gasteiger partial charge in [-0.15, -0.1) is 0 Å². The second-order valence-electron chi connectivity index (χ2n) is 7.89. The first-order chi connectivity index (χ1) is 13.4. The Morgan fingerprint density at radius 3 is 2.54 bits per heavy atom. The Bertz CT molecular complexity index is 785. The van der Waals surface area contributed by atoms with Crippen molar-refractivity contribution >= 4 is 34.6 Å². The Labute approximate surface area is 178 Å². The number of nitrogens with one attached hydrogen (secondary N) is 2. The van der Waals surface area contributed by atoms with E-state index in [9.17, 15) is 0 Å². The maximum absolute atomic E-state index is 6.00. The van der Waals surface area contributed by atoms with E-state index in [0.29, 0.717) is 5.11 Å². The average molecular weight is 417 g/mol. The number of halogens is 1. The topological polar surface area (TPSA) is 33.3 Å². The minimum absolute atomic E-state index is 0.0652. The molecule has 1 aliphatic carbocycles. The summed E-state index contributed by atoms with van der Waals surface area (Å²) in [4.78, 5) is 0. The summed E-state index contributed by atoms with van der Waals surface area (Å²) in [6.45, 7) is 4.05. The zero-order valence-electron chi connectivity index (χ0n) is 16.6.